The maximum Gasteiger partial charge on any atom is 0.259 e. The number of para-hydroxylation sites is 2. The number of amides is 1. The summed E-state index contributed by atoms with van der Waals surface area (Å²) in [6, 6.07) is 17.8. The van der Waals surface area contributed by atoms with Gasteiger partial charge in [0, 0.05) is 11.4 Å². The van der Waals surface area contributed by atoms with Crippen LogP contribution in [0.25, 0.3) is 0 Å². The summed E-state index contributed by atoms with van der Waals surface area (Å²) < 4.78 is 11.1. The second kappa shape index (κ2) is 7.57. The lowest BCUT2D eigenvalue weighted by Gasteiger charge is -2.11. The van der Waals surface area contributed by atoms with Gasteiger partial charge in [0.2, 0.25) is 0 Å². The standard InChI is InChI=1S/C20H19N3O3/c1-13-7-12-16(19(21)22-13)20(24)23-14-8-10-15(11-9-14)26-18-6-4-3-5-17(18)25-2/h3-12H,1-2H3,(H2,21,22)(H,23,24). The number of aromatic nitrogens is 1. The van der Waals surface area contributed by atoms with Crippen LogP contribution in [0.4, 0.5) is 11.5 Å². The minimum absolute atomic E-state index is 0.207. The Bertz CT molecular complexity index is 924. The summed E-state index contributed by atoms with van der Waals surface area (Å²) in [5, 5.41) is 2.79. The van der Waals surface area contributed by atoms with Gasteiger partial charge in [0.25, 0.3) is 5.91 Å². The fourth-order valence-electron chi connectivity index (χ4n) is 2.40. The summed E-state index contributed by atoms with van der Waals surface area (Å²) in [7, 11) is 1.59. The average Bonchev–Trinajstić information content (AvgIpc) is 2.63. The van der Waals surface area contributed by atoms with E-state index in [0.717, 1.165) is 5.69 Å². The second-order valence-electron chi connectivity index (χ2n) is 5.62. The number of pyridine rings is 1. The molecule has 1 aromatic heterocycles. The van der Waals surface area contributed by atoms with Gasteiger partial charge in [0.15, 0.2) is 11.5 Å². The normalized spacial score (nSPS) is 10.2. The topological polar surface area (TPSA) is 86.5 Å². The van der Waals surface area contributed by atoms with Crippen LogP contribution in [0.3, 0.4) is 0 Å². The van der Waals surface area contributed by atoms with E-state index in [0.29, 0.717) is 28.5 Å². The summed E-state index contributed by atoms with van der Waals surface area (Å²) >= 11 is 0. The number of ether oxygens (including phenoxy) is 2. The van der Waals surface area contributed by atoms with E-state index in [-0.39, 0.29) is 11.7 Å². The number of nitrogens with zero attached hydrogens (tertiary/aromatic N) is 1. The molecule has 0 atom stereocenters. The summed E-state index contributed by atoms with van der Waals surface area (Å²) in [5.41, 5.74) is 7.54. The Kier molecular flexibility index (Phi) is 5.03. The van der Waals surface area contributed by atoms with Crippen molar-refractivity contribution < 1.29 is 14.3 Å². The van der Waals surface area contributed by atoms with E-state index in [2.05, 4.69) is 10.3 Å². The van der Waals surface area contributed by atoms with Gasteiger partial charge in [-0.1, -0.05) is 12.1 Å². The smallest absolute Gasteiger partial charge is 0.259 e. The van der Waals surface area contributed by atoms with Gasteiger partial charge in [0.05, 0.1) is 12.7 Å². The molecule has 6 nitrogen and oxygen atoms in total. The molecule has 0 fully saturated rings. The number of methoxy groups -OCH3 is 1. The van der Waals surface area contributed by atoms with Gasteiger partial charge in [-0.15, -0.1) is 0 Å². The minimum atomic E-state index is -0.312. The third-order valence-electron chi connectivity index (χ3n) is 3.72. The Balaban J connectivity index is 1.70. The molecule has 26 heavy (non-hydrogen) atoms. The number of anilines is 2. The average molecular weight is 349 g/mol. The fourth-order valence-corrected chi connectivity index (χ4v) is 2.40. The monoisotopic (exact) mass is 349 g/mol. The number of benzene rings is 2. The molecule has 0 aliphatic heterocycles. The Labute approximate surface area is 151 Å². The molecule has 0 radical (unpaired) electrons. The van der Waals surface area contributed by atoms with Crippen molar-refractivity contribution in [3.05, 3.63) is 71.9 Å². The first kappa shape index (κ1) is 17.3. The largest absolute Gasteiger partial charge is 0.493 e. The van der Waals surface area contributed by atoms with Gasteiger partial charge in [-0.2, -0.15) is 0 Å². The third kappa shape index (κ3) is 3.92. The van der Waals surface area contributed by atoms with Crippen molar-refractivity contribution in [2.24, 2.45) is 0 Å². The Morgan fingerprint density at radius 3 is 2.35 bits per heavy atom. The van der Waals surface area contributed by atoms with Crippen LogP contribution in [0.15, 0.2) is 60.7 Å². The van der Waals surface area contributed by atoms with Crippen LogP contribution in [-0.4, -0.2) is 18.0 Å². The van der Waals surface area contributed by atoms with E-state index >= 15 is 0 Å². The van der Waals surface area contributed by atoms with Gasteiger partial charge < -0.3 is 20.5 Å². The Morgan fingerprint density at radius 2 is 1.69 bits per heavy atom. The number of nitrogen functional groups attached to an aromatic ring is 1. The summed E-state index contributed by atoms with van der Waals surface area (Å²) in [5.74, 6) is 1.79. The predicted octanol–water partition coefficient (Wildman–Crippen LogP) is 4.03. The molecule has 0 aliphatic carbocycles. The minimum Gasteiger partial charge on any atom is -0.493 e. The molecule has 3 N–H and O–H groups in total. The SMILES string of the molecule is COc1ccccc1Oc1ccc(NC(=O)c2ccc(C)nc2N)cc1. The first-order valence-corrected chi connectivity index (χ1v) is 8.02. The Hall–Kier alpha value is -3.54. The van der Waals surface area contributed by atoms with Gasteiger partial charge in [-0.25, -0.2) is 4.98 Å². The number of carbonyl (C=O) groups is 1. The van der Waals surface area contributed by atoms with E-state index < -0.39 is 0 Å². The van der Waals surface area contributed by atoms with Crippen LogP contribution in [0, 0.1) is 6.92 Å². The molecule has 0 unspecified atom stereocenters. The van der Waals surface area contributed by atoms with E-state index in [9.17, 15) is 4.79 Å². The maximum absolute atomic E-state index is 12.3. The zero-order chi connectivity index (χ0) is 18.5. The molecule has 0 aliphatic rings. The van der Waals surface area contributed by atoms with E-state index in [1.807, 2.05) is 31.2 Å². The molecule has 132 valence electrons. The maximum atomic E-state index is 12.3. The van der Waals surface area contributed by atoms with Crippen molar-refractivity contribution in [1.29, 1.82) is 0 Å². The highest BCUT2D eigenvalue weighted by Gasteiger charge is 2.11. The fraction of sp³-hybridized carbons (Fsp3) is 0.100. The van der Waals surface area contributed by atoms with Crippen LogP contribution in [0.1, 0.15) is 16.1 Å². The van der Waals surface area contributed by atoms with E-state index in [1.54, 1.807) is 43.5 Å². The van der Waals surface area contributed by atoms with Crippen molar-refractivity contribution in [2.75, 3.05) is 18.2 Å². The first-order valence-electron chi connectivity index (χ1n) is 8.02. The number of aryl methyl sites for hydroxylation is 1. The third-order valence-corrected chi connectivity index (χ3v) is 3.72. The van der Waals surface area contributed by atoms with Crippen LogP contribution in [0.5, 0.6) is 17.2 Å². The molecule has 1 amide bonds. The summed E-state index contributed by atoms with van der Waals surface area (Å²) in [4.78, 5) is 16.4. The predicted molar refractivity (Wildman–Crippen MR) is 101 cm³/mol. The van der Waals surface area contributed by atoms with Crippen molar-refractivity contribution in [3.8, 4) is 17.2 Å². The van der Waals surface area contributed by atoms with E-state index in [4.69, 9.17) is 15.2 Å². The zero-order valence-corrected chi connectivity index (χ0v) is 14.5. The summed E-state index contributed by atoms with van der Waals surface area (Å²) in [6.07, 6.45) is 0. The Morgan fingerprint density at radius 1 is 1.00 bits per heavy atom. The molecule has 0 saturated heterocycles. The zero-order valence-electron chi connectivity index (χ0n) is 14.5. The molecule has 1 heterocycles. The number of carbonyl (C=O) groups excluding carboxylic acids is 1. The quantitative estimate of drug-likeness (QED) is 0.726. The molecular weight excluding hydrogens is 330 g/mol. The number of hydrogen-bond acceptors (Lipinski definition) is 5. The highest BCUT2D eigenvalue weighted by atomic mass is 16.5. The van der Waals surface area contributed by atoms with Crippen LogP contribution < -0.4 is 20.5 Å². The number of rotatable bonds is 5. The highest BCUT2D eigenvalue weighted by molar-refractivity contribution is 6.07. The molecule has 3 rings (SSSR count). The highest BCUT2D eigenvalue weighted by Crippen LogP contribution is 2.31. The number of nitrogens with two attached hydrogens (primary N) is 1. The van der Waals surface area contributed by atoms with Crippen molar-refractivity contribution in [3.63, 3.8) is 0 Å². The van der Waals surface area contributed by atoms with Crippen molar-refractivity contribution in [2.45, 2.75) is 6.92 Å². The lowest BCUT2D eigenvalue weighted by atomic mass is 10.2. The van der Waals surface area contributed by atoms with Gasteiger partial charge in [0.1, 0.15) is 11.6 Å². The van der Waals surface area contributed by atoms with Gasteiger partial charge >= 0.3 is 0 Å². The van der Waals surface area contributed by atoms with Crippen molar-refractivity contribution >= 4 is 17.4 Å². The number of nitrogens with one attached hydrogen (secondary N) is 1. The molecule has 2 aromatic carbocycles. The number of hydrogen-bond donors (Lipinski definition) is 2. The lowest BCUT2D eigenvalue weighted by Crippen LogP contribution is -2.15. The van der Waals surface area contributed by atoms with Crippen LogP contribution in [-0.2, 0) is 0 Å². The van der Waals surface area contributed by atoms with Gasteiger partial charge in [-0.3, -0.25) is 4.79 Å². The van der Waals surface area contributed by atoms with Gasteiger partial charge in [-0.05, 0) is 55.5 Å². The molecule has 0 bridgehead atoms. The first-order chi connectivity index (χ1) is 12.6. The van der Waals surface area contributed by atoms with Crippen LogP contribution >= 0.6 is 0 Å². The molecule has 6 heteroatoms. The molecule has 0 spiro atoms. The molecule has 0 saturated carbocycles. The van der Waals surface area contributed by atoms with E-state index in [1.165, 1.54) is 0 Å². The van der Waals surface area contributed by atoms with Crippen molar-refractivity contribution in [1.82, 2.24) is 4.98 Å². The molecular formula is C20H19N3O3. The molecule has 3 aromatic rings. The summed E-state index contributed by atoms with van der Waals surface area (Å²) in [6.45, 7) is 1.82. The van der Waals surface area contributed by atoms with Crippen LogP contribution in [0.2, 0.25) is 0 Å². The second-order valence-corrected chi connectivity index (χ2v) is 5.62. The lowest BCUT2D eigenvalue weighted by molar-refractivity contribution is 0.102.